The average Bonchev–Trinajstić information content (AvgIpc) is 2.38. The van der Waals surface area contributed by atoms with Crippen molar-refractivity contribution < 1.29 is 13.2 Å². The van der Waals surface area contributed by atoms with Gasteiger partial charge in [-0.3, -0.25) is 0 Å². The third-order valence-corrected chi connectivity index (χ3v) is 5.40. The van der Waals surface area contributed by atoms with Gasteiger partial charge in [-0.05, 0) is 46.3 Å². The predicted molar refractivity (Wildman–Crippen MR) is 90.7 cm³/mol. The molecule has 0 aliphatic heterocycles. The lowest BCUT2D eigenvalue weighted by Gasteiger charge is -2.10. The van der Waals surface area contributed by atoms with E-state index >= 15 is 0 Å². The lowest BCUT2D eigenvalue weighted by Crippen LogP contribution is -1.98. The quantitative estimate of drug-likeness (QED) is 0.559. The third kappa shape index (κ3) is 4.60. The van der Waals surface area contributed by atoms with Crippen LogP contribution in [0.4, 0.5) is 0 Å². The SMILES string of the molecule is O=S(=O)(Cl)c1ccc(OCc2ccc(Br)cc2Cl)c(Br)c1. The van der Waals surface area contributed by atoms with Gasteiger partial charge < -0.3 is 4.74 Å². The maximum absolute atomic E-state index is 11.2. The van der Waals surface area contributed by atoms with Crippen LogP contribution in [-0.2, 0) is 15.7 Å². The molecule has 0 aliphatic carbocycles. The van der Waals surface area contributed by atoms with Gasteiger partial charge >= 0.3 is 0 Å². The smallest absolute Gasteiger partial charge is 0.261 e. The minimum absolute atomic E-state index is 0.00469. The molecule has 2 aromatic carbocycles. The maximum Gasteiger partial charge on any atom is 0.261 e. The Bertz CT molecular complexity index is 779. The van der Waals surface area contributed by atoms with E-state index in [0.29, 0.717) is 15.2 Å². The molecule has 0 fully saturated rings. The number of halogens is 4. The summed E-state index contributed by atoms with van der Waals surface area (Å²) in [6.45, 7) is 0.262. The monoisotopic (exact) mass is 472 g/mol. The Kier molecular flexibility index (Phi) is 5.59. The molecule has 0 atom stereocenters. The zero-order valence-electron chi connectivity index (χ0n) is 10.3. The summed E-state index contributed by atoms with van der Waals surface area (Å²) in [6.07, 6.45) is 0. The second-order valence-corrected chi connectivity index (χ2v) is 8.80. The molecule has 112 valence electrons. The van der Waals surface area contributed by atoms with E-state index in [2.05, 4.69) is 31.9 Å². The van der Waals surface area contributed by atoms with E-state index in [-0.39, 0.29) is 11.5 Å². The van der Waals surface area contributed by atoms with E-state index < -0.39 is 9.05 Å². The van der Waals surface area contributed by atoms with Crippen molar-refractivity contribution in [2.75, 3.05) is 0 Å². The van der Waals surface area contributed by atoms with Gasteiger partial charge in [-0.25, -0.2) is 8.42 Å². The summed E-state index contributed by atoms with van der Waals surface area (Å²) >= 11 is 12.7. The van der Waals surface area contributed by atoms with E-state index in [1.165, 1.54) is 18.2 Å². The fourth-order valence-electron chi connectivity index (χ4n) is 1.54. The summed E-state index contributed by atoms with van der Waals surface area (Å²) in [5, 5.41) is 0.584. The Labute approximate surface area is 148 Å². The first-order valence-corrected chi connectivity index (χ1v) is 9.85. The van der Waals surface area contributed by atoms with Crippen LogP contribution in [0.25, 0.3) is 0 Å². The van der Waals surface area contributed by atoms with Crippen LogP contribution in [0.2, 0.25) is 5.02 Å². The van der Waals surface area contributed by atoms with Gasteiger partial charge in [0.25, 0.3) is 9.05 Å². The molecule has 0 amide bonds. The number of hydrogen-bond donors (Lipinski definition) is 0. The second-order valence-electron chi connectivity index (χ2n) is 4.05. The molecule has 0 saturated carbocycles. The Balaban J connectivity index is 2.17. The minimum Gasteiger partial charge on any atom is -0.488 e. The van der Waals surface area contributed by atoms with Crippen LogP contribution in [0.1, 0.15) is 5.56 Å². The normalized spacial score (nSPS) is 11.4. The van der Waals surface area contributed by atoms with Crippen molar-refractivity contribution in [1.82, 2.24) is 0 Å². The number of ether oxygens (including phenoxy) is 1. The summed E-state index contributed by atoms with van der Waals surface area (Å²) in [4.78, 5) is 0.00469. The number of rotatable bonds is 4. The molecule has 0 radical (unpaired) electrons. The van der Waals surface area contributed by atoms with Gasteiger partial charge in [0, 0.05) is 25.7 Å². The summed E-state index contributed by atoms with van der Waals surface area (Å²) in [7, 11) is 1.52. The van der Waals surface area contributed by atoms with Gasteiger partial charge in [0.2, 0.25) is 0 Å². The highest BCUT2D eigenvalue weighted by atomic mass is 79.9. The maximum atomic E-state index is 11.2. The Morgan fingerprint density at radius 2 is 1.81 bits per heavy atom. The minimum atomic E-state index is -3.76. The highest BCUT2D eigenvalue weighted by Gasteiger charge is 2.13. The Hall–Kier alpha value is -0.270. The Morgan fingerprint density at radius 3 is 2.38 bits per heavy atom. The van der Waals surface area contributed by atoms with Gasteiger partial charge in [-0.1, -0.05) is 33.6 Å². The Morgan fingerprint density at radius 1 is 1.10 bits per heavy atom. The molecule has 0 heterocycles. The van der Waals surface area contributed by atoms with Crippen LogP contribution in [0, 0.1) is 0 Å². The van der Waals surface area contributed by atoms with Crippen molar-refractivity contribution in [3.05, 3.63) is 55.9 Å². The molecule has 2 aromatic rings. The molecule has 3 nitrogen and oxygen atoms in total. The van der Waals surface area contributed by atoms with Gasteiger partial charge in [0.15, 0.2) is 0 Å². The first-order valence-electron chi connectivity index (χ1n) is 5.58. The molecule has 0 spiro atoms. The standard InChI is InChI=1S/C13H8Br2Cl2O3S/c14-9-2-1-8(12(16)5-9)7-20-13-4-3-10(6-11(13)15)21(17,18)19/h1-6H,7H2. The second kappa shape index (κ2) is 6.87. The van der Waals surface area contributed by atoms with E-state index in [1.807, 2.05) is 12.1 Å². The highest BCUT2D eigenvalue weighted by molar-refractivity contribution is 9.10. The van der Waals surface area contributed by atoms with Crippen LogP contribution >= 0.6 is 54.1 Å². The van der Waals surface area contributed by atoms with Crippen LogP contribution in [0.15, 0.2) is 50.2 Å². The van der Waals surface area contributed by atoms with E-state index in [1.54, 1.807) is 6.07 Å². The van der Waals surface area contributed by atoms with Crippen molar-refractivity contribution in [1.29, 1.82) is 0 Å². The fourth-order valence-corrected chi connectivity index (χ4v) is 3.69. The molecule has 8 heteroatoms. The molecule has 21 heavy (non-hydrogen) atoms. The molecule has 0 N–H and O–H groups in total. The lowest BCUT2D eigenvalue weighted by atomic mass is 10.2. The average molecular weight is 475 g/mol. The van der Waals surface area contributed by atoms with E-state index in [9.17, 15) is 8.42 Å². The highest BCUT2D eigenvalue weighted by Crippen LogP contribution is 2.30. The van der Waals surface area contributed by atoms with Gasteiger partial charge in [0.1, 0.15) is 12.4 Å². The zero-order chi connectivity index (χ0) is 15.6. The summed E-state index contributed by atoms with van der Waals surface area (Å²) in [6, 6.07) is 9.79. The number of hydrogen-bond acceptors (Lipinski definition) is 3. The van der Waals surface area contributed by atoms with Gasteiger partial charge in [-0.2, -0.15) is 0 Å². The fraction of sp³-hybridized carbons (Fsp3) is 0.0769. The molecule has 0 aliphatic rings. The van der Waals surface area contributed by atoms with E-state index in [4.69, 9.17) is 27.0 Å². The lowest BCUT2D eigenvalue weighted by molar-refractivity contribution is 0.304. The molecular formula is C13H8Br2Cl2O3S. The van der Waals surface area contributed by atoms with Crippen molar-refractivity contribution in [3.63, 3.8) is 0 Å². The molecule has 2 rings (SSSR count). The van der Waals surface area contributed by atoms with Gasteiger partial charge in [0.05, 0.1) is 9.37 Å². The van der Waals surface area contributed by atoms with Crippen molar-refractivity contribution in [2.45, 2.75) is 11.5 Å². The van der Waals surface area contributed by atoms with Crippen LogP contribution in [0.3, 0.4) is 0 Å². The largest absolute Gasteiger partial charge is 0.488 e. The van der Waals surface area contributed by atoms with Crippen molar-refractivity contribution in [3.8, 4) is 5.75 Å². The summed E-state index contributed by atoms with van der Waals surface area (Å²) in [5.41, 5.74) is 0.820. The predicted octanol–water partition coefficient (Wildman–Crippen LogP) is 5.37. The number of benzene rings is 2. The van der Waals surface area contributed by atoms with Gasteiger partial charge in [-0.15, -0.1) is 0 Å². The van der Waals surface area contributed by atoms with Crippen LogP contribution in [0.5, 0.6) is 5.75 Å². The van der Waals surface area contributed by atoms with Crippen molar-refractivity contribution >= 4 is 63.2 Å². The summed E-state index contributed by atoms with van der Waals surface area (Å²) < 4.78 is 29.5. The molecule has 0 saturated heterocycles. The topological polar surface area (TPSA) is 43.4 Å². The molecule has 0 bridgehead atoms. The molecule has 0 aromatic heterocycles. The van der Waals surface area contributed by atoms with Crippen LogP contribution in [-0.4, -0.2) is 8.42 Å². The molecular weight excluding hydrogens is 467 g/mol. The summed E-state index contributed by atoms with van der Waals surface area (Å²) in [5.74, 6) is 0.498. The van der Waals surface area contributed by atoms with E-state index in [0.717, 1.165) is 10.0 Å². The zero-order valence-corrected chi connectivity index (χ0v) is 15.8. The molecule has 0 unspecified atom stereocenters. The van der Waals surface area contributed by atoms with Crippen molar-refractivity contribution in [2.24, 2.45) is 0 Å². The first-order chi connectivity index (χ1) is 9.77. The first kappa shape index (κ1) is 17.1. The van der Waals surface area contributed by atoms with Crippen LogP contribution < -0.4 is 4.74 Å². The third-order valence-electron chi connectivity index (χ3n) is 2.58.